The SMILES string of the molecule is Clc1csc(CNc2ccccc2-n2ccnc2)c1. The molecule has 3 rings (SSSR count). The molecule has 0 amide bonds. The van der Waals surface area contributed by atoms with Gasteiger partial charge in [-0.15, -0.1) is 11.3 Å². The van der Waals surface area contributed by atoms with Crippen LogP contribution >= 0.6 is 22.9 Å². The summed E-state index contributed by atoms with van der Waals surface area (Å²) in [7, 11) is 0. The van der Waals surface area contributed by atoms with Crippen molar-refractivity contribution < 1.29 is 0 Å². The van der Waals surface area contributed by atoms with Gasteiger partial charge in [-0.2, -0.15) is 0 Å². The maximum Gasteiger partial charge on any atom is 0.0992 e. The van der Waals surface area contributed by atoms with Crippen LogP contribution in [0.25, 0.3) is 5.69 Å². The number of anilines is 1. The fourth-order valence-electron chi connectivity index (χ4n) is 1.88. The summed E-state index contributed by atoms with van der Waals surface area (Å²) in [6.45, 7) is 0.767. The number of hydrogen-bond acceptors (Lipinski definition) is 3. The first kappa shape index (κ1) is 12.3. The number of thiophene rings is 1. The maximum absolute atomic E-state index is 5.92. The highest BCUT2D eigenvalue weighted by Crippen LogP contribution is 2.23. The Hall–Kier alpha value is -1.78. The third-order valence-corrected chi connectivity index (χ3v) is 4.05. The highest BCUT2D eigenvalue weighted by molar-refractivity contribution is 7.10. The van der Waals surface area contributed by atoms with Crippen molar-refractivity contribution in [3.63, 3.8) is 0 Å². The average Bonchev–Trinajstić information content (AvgIpc) is 3.08. The normalized spacial score (nSPS) is 10.6. The van der Waals surface area contributed by atoms with Crippen LogP contribution in [0.5, 0.6) is 0 Å². The van der Waals surface area contributed by atoms with Crippen molar-refractivity contribution in [2.24, 2.45) is 0 Å². The smallest absolute Gasteiger partial charge is 0.0992 e. The molecule has 0 bridgehead atoms. The molecule has 3 nitrogen and oxygen atoms in total. The fourth-order valence-corrected chi connectivity index (χ4v) is 2.89. The van der Waals surface area contributed by atoms with Crippen molar-refractivity contribution in [1.29, 1.82) is 0 Å². The van der Waals surface area contributed by atoms with Gasteiger partial charge in [0.05, 0.1) is 22.7 Å². The fraction of sp³-hybridized carbons (Fsp3) is 0.0714. The molecule has 0 saturated heterocycles. The Labute approximate surface area is 120 Å². The molecule has 1 aromatic carbocycles. The van der Waals surface area contributed by atoms with Gasteiger partial charge in [-0.3, -0.25) is 0 Å². The lowest BCUT2D eigenvalue weighted by atomic mass is 10.2. The molecule has 0 radical (unpaired) electrons. The van der Waals surface area contributed by atoms with Crippen molar-refractivity contribution >= 4 is 28.6 Å². The van der Waals surface area contributed by atoms with E-state index < -0.39 is 0 Å². The summed E-state index contributed by atoms with van der Waals surface area (Å²) in [5, 5.41) is 6.18. The molecule has 0 unspecified atom stereocenters. The minimum Gasteiger partial charge on any atom is -0.378 e. The van der Waals surface area contributed by atoms with Gasteiger partial charge < -0.3 is 9.88 Å². The Morgan fingerprint density at radius 1 is 1.32 bits per heavy atom. The van der Waals surface area contributed by atoms with Gasteiger partial charge in [0, 0.05) is 29.2 Å². The standard InChI is InChI=1S/C14H12ClN3S/c15-11-7-12(19-9-11)8-17-13-3-1-2-4-14(13)18-6-5-16-10-18/h1-7,9-10,17H,8H2. The number of para-hydroxylation sites is 2. The van der Waals surface area contributed by atoms with Gasteiger partial charge in [-0.25, -0.2) is 4.98 Å². The second kappa shape index (κ2) is 5.47. The maximum atomic E-state index is 5.92. The van der Waals surface area contributed by atoms with Gasteiger partial charge in [0.1, 0.15) is 0 Å². The molecule has 0 spiro atoms. The van der Waals surface area contributed by atoms with E-state index in [1.165, 1.54) is 4.88 Å². The second-order valence-corrected chi connectivity index (χ2v) is 5.50. The van der Waals surface area contributed by atoms with Gasteiger partial charge in [0.15, 0.2) is 0 Å². The molecule has 0 aliphatic rings. The molecule has 2 aromatic heterocycles. The minimum atomic E-state index is 0.767. The van der Waals surface area contributed by atoms with Gasteiger partial charge in [0.25, 0.3) is 0 Å². The molecule has 19 heavy (non-hydrogen) atoms. The van der Waals surface area contributed by atoms with Gasteiger partial charge >= 0.3 is 0 Å². The largest absolute Gasteiger partial charge is 0.378 e. The number of nitrogens with zero attached hydrogens (tertiary/aromatic N) is 2. The first-order valence-corrected chi connectivity index (χ1v) is 7.13. The van der Waals surface area contributed by atoms with Gasteiger partial charge in [-0.05, 0) is 18.2 Å². The lowest BCUT2D eigenvalue weighted by Crippen LogP contribution is -2.02. The predicted octanol–water partition coefficient (Wildman–Crippen LogP) is 4.20. The molecule has 96 valence electrons. The van der Waals surface area contributed by atoms with E-state index in [2.05, 4.69) is 22.4 Å². The Kier molecular flexibility index (Phi) is 3.53. The zero-order valence-electron chi connectivity index (χ0n) is 10.1. The number of imidazole rings is 1. The van der Waals surface area contributed by atoms with Crippen molar-refractivity contribution in [3.8, 4) is 5.69 Å². The van der Waals surface area contributed by atoms with Crippen LogP contribution in [-0.4, -0.2) is 9.55 Å². The Morgan fingerprint density at radius 3 is 2.95 bits per heavy atom. The van der Waals surface area contributed by atoms with Crippen molar-refractivity contribution in [1.82, 2.24) is 9.55 Å². The van der Waals surface area contributed by atoms with E-state index >= 15 is 0 Å². The number of halogens is 1. The van der Waals surface area contributed by atoms with E-state index in [0.717, 1.165) is 22.9 Å². The molecular formula is C14H12ClN3S. The van der Waals surface area contributed by atoms with E-state index in [4.69, 9.17) is 11.6 Å². The summed E-state index contributed by atoms with van der Waals surface area (Å²) >= 11 is 7.58. The molecule has 0 aliphatic carbocycles. The number of benzene rings is 1. The van der Waals surface area contributed by atoms with Crippen LogP contribution in [0.3, 0.4) is 0 Å². The lowest BCUT2D eigenvalue weighted by molar-refractivity contribution is 1.05. The highest BCUT2D eigenvalue weighted by atomic mass is 35.5. The molecule has 0 fully saturated rings. The summed E-state index contributed by atoms with van der Waals surface area (Å²) in [6, 6.07) is 10.1. The third-order valence-electron chi connectivity index (χ3n) is 2.76. The van der Waals surface area contributed by atoms with Gasteiger partial charge in [0.2, 0.25) is 0 Å². The minimum absolute atomic E-state index is 0.767. The predicted molar refractivity (Wildman–Crippen MR) is 80.2 cm³/mol. The number of hydrogen-bond donors (Lipinski definition) is 1. The Balaban J connectivity index is 1.81. The second-order valence-electron chi connectivity index (χ2n) is 4.07. The molecule has 2 heterocycles. The first-order chi connectivity index (χ1) is 9.33. The van der Waals surface area contributed by atoms with Crippen LogP contribution in [-0.2, 0) is 6.54 Å². The van der Waals surface area contributed by atoms with Crippen LogP contribution in [0.15, 0.2) is 54.4 Å². The summed E-state index contributed by atoms with van der Waals surface area (Å²) in [5.74, 6) is 0. The number of rotatable bonds is 4. The molecule has 5 heteroatoms. The van der Waals surface area contributed by atoms with Crippen molar-refractivity contribution in [3.05, 3.63) is 64.3 Å². The van der Waals surface area contributed by atoms with Crippen LogP contribution < -0.4 is 5.32 Å². The molecule has 0 aliphatic heterocycles. The zero-order valence-corrected chi connectivity index (χ0v) is 11.7. The first-order valence-electron chi connectivity index (χ1n) is 5.87. The van der Waals surface area contributed by atoms with E-state index in [1.54, 1.807) is 23.9 Å². The number of nitrogens with one attached hydrogen (secondary N) is 1. The topological polar surface area (TPSA) is 29.9 Å². The van der Waals surface area contributed by atoms with Crippen LogP contribution in [0.4, 0.5) is 5.69 Å². The molecular weight excluding hydrogens is 278 g/mol. The van der Waals surface area contributed by atoms with E-state index in [9.17, 15) is 0 Å². The highest BCUT2D eigenvalue weighted by Gasteiger charge is 2.04. The molecule has 0 saturated carbocycles. The van der Waals surface area contributed by atoms with Crippen molar-refractivity contribution in [2.75, 3.05) is 5.32 Å². The van der Waals surface area contributed by atoms with Crippen molar-refractivity contribution in [2.45, 2.75) is 6.54 Å². The van der Waals surface area contributed by atoms with E-state index in [0.29, 0.717) is 0 Å². The van der Waals surface area contributed by atoms with Crippen LogP contribution in [0.1, 0.15) is 4.88 Å². The number of aromatic nitrogens is 2. The molecule has 0 atom stereocenters. The molecule has 3 aromatic rings. The lowest BCUT2D eigenvalue weighted by Gasteiger charge is -2.11. The van der Waals surface area contributed by atoms with Gasteiger partial charge in [-0.1, -0.05) is 23.7 Å². The van der Waals surface area contributed by atoms with Crippen LogP contribution in [0.2, 0.25) is 5.02 Å². The zero-order chi connectivity index (χ0) is 13.1. The summed E-state index contributed by atoms with van der Waals surface area (Å²) < 4.78 is 1.99. The van der Waals surface area contributed by atoms with Crippen LogP contribution in [0, 0.1) is 0 Å². The average molecular weight is 290 g/mol. The summed E-state index contributed by atoms with van der Waals surface area (Å²) in [5.41, 5.74) is 2.16. The monoisotopic (exact) mass is 289 g/mol. The third kappa shape index (κ3) is 2.80. The molecule has 1 N–H and O–H groups in total. The van der Waals surface area contributed by atoms with E-state index in [-0.39, 0.29) is 0 Å². The summed E-state index contributed by atoms with van der Waals surface area (Å²) in [6.07, 6.45) is 5.50. The quantitative estimate of drug-likeness (QED) is 0.780. The Morgan fingerprint density at radius 2 is 2.21 bits per heavy atom. The summed E-state index contributed by atoms with van der Waals surface area (Å²) in [4.78, 5) is 5.29. The van der Waals surface area contributed by atoms with E-state index in [1.807, 2.05) is 34.3 Å². The Bertz CT molecular complexity index is 661.